The molecule has 3 aromatic carbocycles. The second-order valence-electron chi connectivity index (χ2n) is 6.65. The highest BCUT2D eigenvalue weighted by Gasteiger charge is 2.15. The van der Waals surface area contributed by atoms with Crippen LogP contribution in [0.25, 0.3) is 0 Å². The number of para-hydroxylation sites is 1. The third kappa shape index (κ3) is 6.71. The van der Waals surface area contributed by atoms with Crippen molar-refractivity contribution >= 4 is 29.2 Å². The third-order valence-corrected chi connectivity index (χ3v) is 4.18. The van der Waals surface area contributed by atoms with E-state index in [1.165, 1.54) is 6.92 Å². The minimum Gasteiger partial charge on any atom is -0.489 e. The normalized spacial score (nSPS) is 10.1. The van der Waals surface area contributed by atoms with E-state index in [0.717, 1.165) is 0 Å². The summed E-state index contributed by atoms with van der Waals surface area (Å²) < 4.78 is 10.9. The van der Waals surface area contributed by atoms with Crippen LogP contribution in [0.15, 0.2) is 78.9 Å². The molecule has 0 aliphatic heterocycles. The number of amides is 2. The number of benzene rings is 3. The van der Waals surface area contributed by atoms with E-state index in [1.807, 2.05) is 30.3 Å². The summed E-state index contributed by atoms with van der Waals surface area (Å²) in [6, 6.07) is 22.8. The van der Waals surface area contributed by atoms with Crippen molar-refractivity contribution in [1.29, 1.82) is 0 Å². The number of anilines is 2. The Morgan fingerprint density at radius 1 is 0.806 bits per heavy atom. The van der Waals surface area contributed by atoms with Gasteiger partial charge in [0, 0.05) is 23.9 Å². The molecule has 0 radical (unpaired) electrons. The van der Waals surface area contributed by atoms with Crippen LogP contribution >= 0.6 is 0 Å². The lowest BCUT2D eigenvalue weighted by Gasteiger charge is -2.11. The van der Waals surface area contributed by atoms with Crippen LogP contribution in [-0.2, 0) is 20.9 Å². The van der Waals surface area contributed by atoms with E-state index < -0.39 is 18.5 Å². The monoisotopic (exact) mass is 418 g/mol. The zero-order valence-corrected chi connectivity index (χ0v) is 17.0. The van der Waals surface area contributed by atoms with Crippen molar-refractivity contribution in [3.05, 3.63) is 90.0 Å². The third-order valence-electron chi connectivity index (χ3n) is 4.18. The number of hydrogen-bond donors (Lipinski definition) is 2. The molecular formula is C24H22N2O5. The van der Waals surface area contributed by atoms with Crippen LogP contribution in [0, 0.1) is 0 Å². The Labute approximate surface area is 180 Å². The molecule has 0 aromatic heterocycles. The average Bonchev–Trinajstić information content (AvgIpc) is 2.77. The van der Waals surface area contributed by atoms with Gasteiger partial charge in [0.25, 0.3) is 5.91 Å². The maximum absolute atomic E-state index is 12.5. The lowest BCUT2D eigenvalue weighted by Crippen LogP contribution is -2.21. The van der Waals surface area contributed by atoms with Crippen LogP contribution in [0.1, 0.15) is 22.8 Å². The number of esters is 1. The number of hydrogen-bond acceptors (Lipinski definition) is 5. The fraction of sp³-hybridized carbons (Fsp3) is 0.125. The summed E-state index contributed by atoms with van der Waals surface area (Å²) in [7, 11) is 0. The quantitative estimate of drug-likeness (QED) is 0.539. The Kier molecular flexibility index (Phi) is 7.37. The first-order valence-electron chi connectivity index (χ1n) is 9.61. The largest absolute Gasteiger partial charge is 0.489 e. The van der Waals surface area contributed by atoms with Gasteiger partial charge in [-0.25, -0.2) is 4.79 Å². The molecule has 0 saturated carbocycles. The fourth-order valence-corrected chi connectivity index (χ4v) is 2.81. The smallest absolute Gasteiger partial charge is 0.339 e. The predicted molar refractivity (Wildman–Crippen MR) is 117 cm³/mol. The van der Waals surface area contributed by atoms with Crippen LogP contribution in [0.5, 0.6) is 5.75 Å². The highest BCUT2D eigenvalue weighted by molar-refractivity contribution is 5.97. The van der Waals surface area contributed by atoms with Crippen molar-refractivity contribution in [2.45, 2.75) is 13.5 Å². The zero-order valence-electron chi connectivity index (χ0n) is 17.0. The molecule has 0 spiro atoms. The van der Waals surface area contributed by atoms with Crippen molar-refractivity contribution in [3.8, 4) is 5.75 Å². The molecule has 7 heteroatoms. The van der Waals surface area contributed by atoms with Gasteiger partial charge in [-0.15, -0.1) is 0 Å². The molecule has 0 bridgehead atoms. The average molecular weight is 418 g/mol. The minimum absolute atomic E-state index is 0.192. The predicted octanol–water partition coefficient (Wildman–Crippen LogP) is 4.02. The minimum atomic E-state index is -0.616. The van der Waals surface area contributed by atoms with Crippen LogP contribution in [0.2, 0.25) is 0 Å². The van der Waals surface area contributed by atoms with Crippen molar-refractivity contribution < 1.29 is 23.9 Å². The maximum Gasteiger partial charge on any atom is 0.339 e. The zero-order chi connectivity index (χ0) is 22.1. The molecule has 31 heavy (non-hydrogen) atoms. The fourth-order valence-electron chi connectivity index (χ4n) is 2.81. The summed E-state index contributed by atoms with van der Waals surface area (Å²) in [6.07, 6.45) is 0. The van der Waals surface area contributed by atoms with E-state index in [9.17, 15) is 14.4 Å². The van der Waals surface area contributed by atoms with Gasteiger partial charge >= 0.3 is 5.97 Å². The standard InChI is InChI=1S/C24H22N2O5/c1-17(27)25-19-9-7-10-20(14-19)26-23(28)16-31-24(29)22-13-6-5-8-18(22)15-30-21-11-3-2-4-12-21/h2-14H,15-16H2,1H3,(H,25,27)(H,26,28). The first-order chi connectivity index (χ1) is 15.0. The van der Waals surface area contributed by atoms with E-state index in [2.05, 4.69) is 10.6 Å². The van der Waals surface area contributed by atoms with Crippen molar-refractivity contribution in [2.24, 2.45) is 0 Å². The molecule has 0 heterocycles. The molecule has 0 atom stereocenters. The molecule has 3 rings (SSSR count). The van der Waals surface area contributed by atoms with Gasteiger partial charge < -0.3 is 20.1 Å². The summed E-state index contributed by atoms with van der Waals surface area (Å²) >= 11 is 0. The van der Waals surface area contributed by atoms with Gasteiger partial charge in [-0.2, -0.15) is 0 Å². The number of ether oxygens (including phenoxy) is 2. The molecule has 0 fully saturated rings. The summed E-state index contributed by atoms with van der Waals surface area (Å²) in [6.45, 7) is 1.14. The van der Waals surface area contributed by atoms with E-state index in [4.69, 9.17) is 9.47 Å². The van der Waals surface area contributed by atoms with E-state index in [0.29, 0.717) is 28.3 Å². The Morgan fingerprint density at radius 2 is 1.48 bits per heavy atom. The first-order valence-corrected chi connectivity index (χ1v) is 9.61. The summed E-state index contributed by atoms with van der Waals surface area (Å²) in [4.78, 5) is 35.8. The van der Waals surface area contributed by atoms with Crippen LogP contribution in [0.4, 0.5) is 11.4 Å². The molecule has 7 nitrogen and oxygen atoms in total. The molecule has 0 saturated heterocycles. The Morgan fingerprint density at radius 3 is 2.23 bits per heavy atom. The molecule has 0 aliphatic carbocycles. The lowest BCUT2D eigenvalue weighted by atomic mass is 10.1. The Hall–Kier alpha value is -4.13. The summed E-state index contributed by atoms with van der Waals surface area (Å²) in [5.41, 5.74) is 2.01. The first kappa shape index (κ1) is 21.6. The lowest BCUT2D eigenvalue weighted by molar-refractivity contribution is -0.119. The van der Waals surface area contributed by atoms with E-state index in [1.54, 1.807) is 48.5 Å². The summed E-state index contributed by atoms with van der Waals surface area (Å²) in [5.74, 6) is -0.639. The Bertz CT molecular complexity index is 1070. The molecule has 2 N–H and O–H groups in total. The van der Waals surface area contributed by atoms with Gasteiger partial charge in [-0.3, -0.25) is 9.59 Å². The number of nitrogens with one attached hydrogen (secondary N) is 2. The molecule has 3 aromatic rings. The highest BCUT2D eigenvalue weighted by atomic mass is 16.5. The van der Waals surface area contributed by atoms with Gasteiger partial charge in [-0.05, 0) is 36.4 Å². The van der Waals surface area contributed by atoms with Gasteiger partial charge in [-0.1, -0.05) is 42.5 Å². The van der Waals surface area contributed by atoms with Gasteiger partial charge in [0.05, 0.1) is 5.56 Å². The second-order valence-corrected chi connectivity index (χ2v) is 6.65. The highest BCUT2D eigenvalue weighted by Crippen LogP contribution is 2.17. The molecular weight excluding hydrogens is 396 g/mol. The van der Waals surface area contributed by atoms with E-state index in [-0.39, 0.29) is 12.5 Å². The van der Waals surface area contributed by atoms with Gasteiger partial charge in [0.1, 0.15) is 12.4 Å². The van der Waals surface area contributed by atoms with Gasteiger partial charge in [0.15, 0.2) is 6.61 Å². The van der Waals surface area contributed by atoms with Crippen molar-refractivity contribution in [3.63, 3.8) is 0 Å². The van der Waals surface area contributed by atoms with E-state index >= 15 is 0 Å². The molecule has 2 amide bonds. The van der Waals surface area contributed by atoms with Crippen LogP contribution < -0.4 is 15.4 Å². The van der Waals surface area contributed by atoms with Crippen LogP contribution in [-0.4, -0.2) is 24.4 Å². The van der Waals surface area contributed by atoms with Crippen molar-refractivity contribution in [2.75, 3.05) is 17.2 Å². The SMILES string of the molecule is CC(=O)Nc1cccc(NC(=O)COC(=O)c2ccccc2COc2ccccc2)c1. The number of carbonyl (C=O) groups is 3. The van der Waals surface area contributed by atoms with Gasteiger partial charge in [0.2, 0.25) is 5.91 Å². The van der Waals surface area contributed by atoms with Crippen LogP contribution in [0.3, 0.4) is 0 Å². The number of rotatable bonds is 8. The molecule has 0 aliphatic rings. The Balaban J connectivity index is 1.56. The molecule has 0 unspecified atom stereocenters. The molecule has 158 valence electrons. The second kappa shape index (κ2) is 10.6. The summed E-state index contributed by atoms with van der Waals surface area (Å²) in [5, 5.41) is 5.26. The number of carbonyl (C=O) groups excluding carboxylic acids is 3. The topological polar surface area (TPSA) is 93.7 Å². The maximum atomic E-state index is 12.5. The van der Waals surface area contributed by atoms with Crippen molar-refractivity contribution in [1.82, 2.24) is 0 Å².